The van der Waals surface area contributed by atoms with Gasteiger partial charge in [-0.3, -0.25) is 4.98 Å². The van der Waals surface area contributed by atoms with Gasteiger partial charge in [0.15, 0.2) is 17.2 Å². The topological polar surface area (TPSA) is 83.7 Å². The number of esters is 1. The second-order valence-electron chi connectivity index (χ2n) is 3.87. The highest BCUT2D eigenvalue weighted by molar-refractivity contribution is 5.91. The van der Waals surface area contributed by atoms with E-state index in [9.17, 15) is 4.79 Å². The van der Waals surface area contributed by atoms with Crippen LogP contribution in [0.25, 0.3) is 0 Å². The molecule has 1 aromatic heterocycles. The van der Waals surface area contributed by atoms with E-state index in [-0.39, 0.29) is 12.5 Å². The molecule has 0 spiro atoms. The number of fused-ring (bicyclic) bond motifs is 1. The number of aromatic nitrogens is 1. The van der Waals surface area contributed by atoms with Gasteiger partial charge >= 0.3 is 5.97 Å². The largest absolute Gasteiger partial charge is 0.454 e. The van der Waals surface area contributed by atoms with Crippen molar-refractivity contribution < 1.29 is 19.0 Å². The number of ether oxygens (including phenoxy) is 3. The minimum absolute atomic E-state index is 0.134. The van der Waals surface area contributed by atoms with Crippen molar-refractivity contribution in [3.63, 3.8) is 0 Å². The molecule has 0 saturated heterocycles. The predicted octanol–water partition coefficient (Wildman–Crippen LogP) is 1.61. The third kappa shape index (κ3) is 2.15. The first-order valence-electron chi connectivity index (χ1n) is 5.55. The molecule has 2 aromatic rings. The summed E-state index contributed by atoms with van der Waals surface area (Å²) in [6.07, 6.45) is 3.00. The lowest BCUT2D eigenvalue weighted by Crippen LogP contribution is -2.09. The highest BCUT2D eigenvalue weighted by Gasteiger charge is 2.19. The number of anilines is 1. The fraction of sp³-hybridized carbons (Fsp3) is 0.0769. The molecule has 0 unspecified atom stereocenters. The van der Waals surface area contributed by atoms with Crippen molar-refractivity contribution in [1.29, 1.82) is 0 Å². The van der Waals surface area contributed by atoms with Crippen LogP contribution in [0.4, 0.5) is 5.69 Å². The maximum absolute atomic E-state index is 11.9. The number of pyridine rings is 1. The molecule has 0 atom stereocenters. The Balaban J connectivity index is 1.86. The average molecular weight is 258 g/mol. The number of hydrogen-bond acceptors (Lipinski definition) is 6. The molecule has 6 nitrogen and oxygen atoms in total. The molecule has 3 rings (SSSR count). The van der Waals surface area contributed by atoms with E-state index in [1.54, 1.807) is 24.4 Å². The Morgan fingerprint density at radius 1 is 1.32 bits per heavy atom. The molecule has 0 saturated carbocycles. The van der Waals surface area contributed by atoms with Gasteiger partial charge in [0.1, 0.15) is 0 Å². The van der Waals surface area contributed by atoms with Gasteiger partial charge in [0.25, 0.3) is 0 Å². The Kier molecular flexibility index (Phi) is 2.68. The number of carbonyl (C=O) groups is 1. The second kappa shape index (κ2) is 4.49. The zero-order chi connectivity index (χ0) is 13.2. The molecule has 0 radical (unpaired) electrons. The van der Waals surface area contributed by atoms with Gasteiger partial charge in [-0.05, 0) is 12.1 Å². The number of nitrogen functional groups attached to an aromatic ring is 1. The molecule has 0 aliphatic carbocycles. The van der Waals surface area contributed by atoms with Crippen LogP contribution in [0.1, 0.15) is 10.4 Å². The highest BCUT2D eigenvalue weighted by atomic mass is 16.7. The van der Waals surface area contributed by atoms with Crippen LogP contribution >= 0.6 is 0 Å². The zero-order valence-corrected chi connectivity index (χ0v) is 9.83. The summed E-state index contributed by atoms with van der Waals surface area (Å²) in [7, 11) is 0. The maximum Gasteiger partial charge on any atom is 0.345 e. The molecule has 0 fully saturated rings. The lowest BCUT2D eigenvalue weighted by atomic mass is 10.2. The van der Waals surface area contributed by atoms with Crippen LogP contribution in [0.3, 0.4) is 0 Å². The van der Waals surface area contributed by atoms with Crippen LogP contribution < -0.4 is 19.9 Å². The van der Waals surface area contributed by atoms with Crippen LogP contribution in [-0.2, 0) is 0 Å². The van der Waals surface area contributed by atoms with Gasteiger partial charge in [-0.2, -0.15) is 0 Å². The summed E-state index contributed by atoms with van der Waals surface area (Å²) in [6.45, 7) is 0.134. The number of nitrogens with zero attached hydrogens (tertiary/aromatic N) is 1. The Bertz CT molecular complexity index is 628. The summed E-state index contributed by atoms with van der Waals surface area (Å²) >= 11 is 0. The predicted molar refractivity (Wildman–Crippen MR) is 66.2 cm³/mol. The molecular weight excluding hydrogens is 248 g/mol. The molecule has 96 valence electrons. The molecule has 1 aliphatic rings. The van der Waals surface area contributed by atoms with Crippen molar-refractivity contribution >= 4 is 11.7 Å². The van der Waals surface area contributed by atoms with E-state index in [0.29, 0.717) is 22.7 Å². The number of benzene rings is 1. The average Bonchev–Trinajstić information content (AvgIpc) is 2.87. The number of carbonyl (C=O) groups excluding carboxylic acids is 1. The Labute approximate surface area is 108 Å². The van der Waals surface area contributed by atoms with Crippen molar-refractivity contribution in [2.75, 3.05) is 12.5 Å². The van der Waals surface area contributed by atoms with E-state index < -0.39 is 5.97 Å². The number of hydrogen-bond donors (Lipinski definition) is 1. The van der Waals surface area contributed by atoms with E-state index in [1.807, 2.05) is 0 Å². The molecule has 6 heteroatoms. The molecule has 0 bridgehead atoms. The van der Waals surface area contributed by atoms with Gasteiger partial charge in [-0.25, -0.2) is 4.79 Å². The zero-order valence-electron chi connectivity index (χ0n) is 9.83. The van der Waals surface area contributed by atoms with Crippen LogP contribution in [-0.4, -0.2) is 17.7 Å². The molecule has 2 N–H and O–H groups in total. The number of rotatable bonds is 2. The summed E-state index contributed by atoms with van der Waals surface area (Å²) in [4.78, 5) is 15.7. The Morgan fingerprint density at radius 3 is 2.84 bits per heavy atom. The van der Waals surface area contributed by atoms with Gasteiger partial charge in [0.05, 0.1) is 11.3 Å². The molecular formula is C13H10N2O4. The minimum Gasteiger partial charge on any atom is -0.454 e. The van der Waals surface area contributed by atoms with Crippen molar-refractivity contribution in [1.82, 2.24) is 4.98 Å². The van der Waals surface area contributed by atoms with Gasteiger partial charge in [0, 0.05) is 24.5 Å². The van der Waals surface area contributed by atoms with E-state index in [1.165, 1.54) is 12.3 Å². The van der Waals surface area contributed by atoms with Gasteiger partial charge in [-0.15, -0.1) is 0 Å². The molecule has 2 heterocycles. The number of nitrogens with two attached hydrogens (primary N) is 1. The first-order valence-corrected chi connectivity index (χ1v) is 5.55. The maximum atomic E-state index is 11.9. The first-order chi connectivity index (χ1) is 9.24. The van der Waals surface area contributed by atoms with Gasteiger partial charge in [0.2, 0.25) is 6.79 Å². The van der Waals surface area contributed by atoms with E-state index >= 15 is 0 Å². The van der Waals surface area contributed by atoms with E-state index in [0.717, 1.165) is 0 Å². The summed E-state index contributed by atoms with van der Waals surface area (Å²) in [5.74, 6) is 0.749. The van der Waals surface area contributed by atoms with E-state index in [2.05, 4.69) is 4.98 Å². The SMILES string of the molecule is Nc1cc2c(cc1OC(=O)c1cccnc1)OCO2. The quantitative estimate of drug-likeness (QED) is 0.500. The van der Waals surface area contributed by atoms with Crippen molar-refractivity contribution in [3.8, 4) is 17.2 Å². The van der Waals surface area contributed by atoms with Crippen LogP contribution in [0.2, 0.25) is 0 Å². The van der Waals surface area contributed by atoms with Crippen molar-refractivity contribution in [2.45, 2.75) is 0 Å². The molecule has 1 aromatic carbocycles. The van der Waals surface area contributed by atoms with Gasteiger partial charge in [-0.1, -0.05) is 0 Å². The third-order valence-electron chi connectivity index (χ3n) is 2.60. The lowest BCUT2D eigenvalue weighted by molar-refractivity contribution is 0.0735. The fourth-order valence-corrected chi connectivity index (χ4v) is 1.67. The molecule has 1 aliphatic heterocycles. The monoisotopic (exact) mass is 258 g/mol. The van der Waals surface area contributed by atoms with Crippen molar-refractivity contribution in [3.05, 3.63) is 42.2 Å². The normalized spacial score (nSPS) is 12.2. The van der Waals surface area contributed by atoms with Crippen LogP contribution in [0.5, 0.6) is 17.2 Å². The summed E-state index contributed by atoms with van der Waals surface area (Å²) in [5, 5.41) is 0. The van der Waals surface area contributed by atoms with Crippen molar-refractivity contribution in [2.24, 2.45) is 0 Å². The second-order valence-corrected chi connectivity index (χ2v) is 3.87. The molecule has 19 heavy (non-hydrogen) atoms. The summed E-state index contributed by atoms with van der Waals surface area (Å²) in [5.41, 5.74) is 6.45. The fourth-order valence-electron chi connectivity index (χ4n) is 1.67. The van der Waals surface area contributed by atoms with Crippen LogP contribution in [0.15, 0.2) is 36.7 Å². The van der Waals surface area contributed by atoms with Gasteiger partial charge < -0.3 is 19.9 Å². The third-order valence-corrected chi connectivity index (χ3v) is 2.60. The van der Waals surface area contributed by atoms with Crippen LogP contribution in [0, 0.1) is 0 Å². The first kappa shape index (κ1) is 11.3. The summed E-state index contributed by atoms with van der Waals surface area (Å²) < 4.78 is 15.6. The Morgan fingerprint density at radius 2 is 2.11 bits per heavy atom. The van der Waals surface area contributed by atoms with E-state index in [4.69, 9.17) is 19.9 Å². The molecule has 0 amide bonds. The standard InChI is InChI=1S/C13H10N2O4/c14-9-4-11-12(18-7-17-11)5-10(9)19-13(16)8-2-1-3-15-6-8/h1-6H,7,14H2. The highest BCUT2D eigenvalue weighted by Crippen LogP contribution is 2.39. The summed E-state index contributed by atoms with van der Waals surface area (Å²) in [6, 6.07) is 6.36. The lowest BCUT2D eigenvalue weighted by Gasteiger charge is -2.08. The Hall–Kier alpha value is -2.76. The smallest absolute Gasteiger partial charge is 0.345 e. The minimum atomic E-state index is -0.529.